The van der Waals surface area contributed by atoms with E-state index in [4.69, 9.17) is 9.47 Å². The molecule has 0 atom stereocenters. The molecule has 0 aliphatic rings. The second kappa shape index (κ2) is 7.69. The van der Waals surface area contributed by atoms with Crippen molar-refractivity contribution < 1.29 is 18.7 Å². The Labute approximate surface area is 131 Å². The molecule has 0 saturated carbocycles. The van der Waals surface area contributed by atoms with Crippen LogP contribution in [0.5, 0.6) is 5.75 Å². The molecule has 0 radical (unpaired) electrons. The second-order valence-corrected chi connectivity index (χ2v) is 5.90. The van der Waals surface area contributed by atoms with Crippen LogP contribution in [0.15, 0.2) is 24.3 Å². The number of nitrogens with zero attached hydrogens (tertiary/aromatic N) is 2. The summed E-state index contributed by atoms with van der Waals surface area (Å²) >= 11 is 1.14. The van der Waals surface area contributed by atoms with Gasteiger partial charge >= 0.3 is 6.09 Å². The number of carbonyl (C=O) groups is 1. The van der Waals surface area contributed by atoms with E-state index in [1.807, 2.05) is 13.8 Å². The van der Waals surface area contributed by atoms with Gasteiger partial charge in [0.25, 0.3) is 0 Å². The van der Waals surface area contributed by atoms with Gasteiger partial charge in [0.15, 0.2) is 16.6 Å². The number of para-hydroxylation sites is 1. The smallest absolute Gasteiger partial charge is 0.413 e. The van der Waals surface area contributed by atoms with E-state index < -0.39 is 11.9 Å². The third kappa shape index (κ3) is 4.96. The molecule has 0 saturated heterocycles. The number of nitrogens with one attached hydrogen (secondary N) is 1. The van der Waals surface area contributed by atoms with Crippen LogP contribution in [-0.2, 0) is 11.3 Å². The predicted octanol–water partition coefficient (Wildman–Crippen LogP) is 3.46. The number of hydrogen-bond acceptors (Lipinski definition) is 6. The molecule has 2 rings (SSSR count). The molecule has 0 bridgehead atoms. The molecule has 22 heavy (non-hydrogen) atoms. The summed E-state index contributed by atoms with van der Waals surface area (Å²) in [6, 6.07) is 6.10. The van der Waals surface area contributed by atoms with E-state index in [-0.39, 0.29) is 18.3 Å². The van der Waals surface area contributed by atoms with Gasteiger partial charge in [-0.15, -0.1) is 10.2 Å². The molecule has 1 amide bonds. The average molecular weight is 325 g/mol. The second-order valence-electron chi connectivity index (χ2n) is 4.84. The number of benzene rings is 1. The molecule has 2 aromatic rings. The fraction of sp³-hybridized carbons (Fsp3) is 0.357. The molecule has 1 N–H and O–H groups in total. The molecule has 1 heterocycles. The minimum absolute atomic E-state index is 0.0708. The number of carbonyl (C=O) groups excluding carboxylic acids is 1. The van der Waals surface area contributed by atoms with Gasteiger partial charge in [0.1, 0.15) is 6.61 Å². The first kappa shape index (κ1) is 16.2. The van der Waals surface area contributed by atoms with Crippen molar-refractivity contribution >= 4 is 22.6 Å². The van der Waals surface area contributed by atoms with Crippen LogP contribution in [0.25, 0.3) is 0 Å². The summed E-state index contributed by atoms with van der Waals surface area (Å²) in [5.41, 5.74) is 0. The molecule has 0 fully saturated rings. The Morgan fingerprint density at radius 2 is 2.14 bits per heavy atom. The van der Waals surface area contributed by atoms with E-state index in [1.165, 1.54) is 12.1 Å². The first-order valence-corrected chi connectivity index (χ1v) is 7.49. The number of halogens is 1. The number of ether oxygens (including phenoxy) is 2. The summed E-state index contributed by atoms with van der Waals surface area (Å²) in [6.07, 6.45) is -0.577. The van der Waals surface area contributed by atoms with Crippen molar-refractivity contribution in [3.05, 3.63) is 35.1 Å². The van der Waals surface area contributed by atoms with E-state index in [9.17, 15) is 9.18 Å². The molecule has 0 unspecified atom stereocenters. The van der Waals surface area contributed by atoms with Crippen LogP contribution < -0.4 is 10.1 Å². The fourth-order valence-corrected chi connectivity index (χ4v) is 2.07. The summed E-state index contributed by atoms with van der Waals surface area (Å²) in [5.74, 6) is -0.0453. The van der Waals surface area contributed by atoms with Crippen molar-refractivity contribution in [2.75, 3.05) is 11.9 Å². The van der Waals surface area contributed by atoms with E-state index in [0.29, 0.717) is 16.7 Å². The third-order valence-electron chi connectivity index (χ3n) is 2.41. The average Bonchev–Trinajstić information content (AvgIpc) is 2.92. The van der Waals surface area contributed by atoms with Gasteiger partial charge in [-0.2, -0.15) is 0 Å². The van der Waals surface area contributed by atoms with Crippen molar-refractivity contribution in [2.45, 2.75) is 20.5 Å². The minimum atomic E-state index is -0.577. The molecule has 0 aliphatic carbocycles. The van der Waals surface area contributed by atoms with Gasteiger partial charge in [-0.05, 0) is 18.1 Å². The predicted molar refractivity (Wildman–Crippen MR) is 80.4 cm³/mol. The lowest BCUT2D eigenvalue weighted by Crippen LogP contribution is -2.16. The number of anilines is 1. The molecule has 6 nitrogen and oxygen atoms in total. The SMILES string of the molecule is CC(C)COC(=O)Nc1nnc(COc2ccccc2F)s1. The quantitative estimate of drug-likeness (QED) is 0.880. The number of rotatable bonds is 6. The lowest BCUT2D eigenvalue weighted by atomic mass is 10.2. The Hall–Kier alpha value is -2.22. The first-order valence-electron chi connectivity index (χ1n) is 6.68. The third-order valence-corrected chi connectivity index (χ3v) is 3.22. The minimum Gasteiger partial charge on any atom is -0.483 e. The zero-order valence-electron chi connectivity index (χ0n) is 12.2. The van der Waals surface area contributed by atoms with Gasteiger partial charge in [-0.25, -0.2) is 9.18 Å². The molecule has 118 valence electrons. The highest BCUT2D eigenvalue weighted by atomic mass is 32.1. The Kier molecular flexibility index (Phi) is 5.65. The lowest BCUT2D eigenvalue weighted by molar-refractivity contribution is 0.147. The lowest BCUT2D eigenvalue weighted by Gasteiger charge is -2.06. The molecule has 0 spiro atoms. The monoisotopic (exact) mass is 325 g/mol. The zero-order valence-corrected chi connectivity index (χ0v) is 13.0. The maximum atomic E-state index is 13.4. The standard InChI is InChI=1S/C14H16FN3O3S/c1-9(2)7-21-14(19)16-13-18-17-12(22-13)8-20-11-6-4-3-5-10(11)15/h3-6,9H,7-8H2,1-2H3,(H,16,18,19). The highest BCUT2D eigenvalue weighted by Crippen LogP contribution is 2.20. The van der Waals surface area contributed by atoms with Gasteiger partial charge in [0, 0.05) is 0 Å². The Morgan fingerprint density at radius 3 is 2.86 bits per heavy atom. The molecular weight excluding hydrogens is 309 g/mol. The van der Waals surface area contributed by atoms with Crippen LogP contribution in [-0.4, -0.2) is 22.9 Å². The van der Waals surface area contributed by atoms with E-state index in [2.05, 4.69) is 15.5 Å². The Morgan fingerprint density at radius 1 is 1.36 bits per heavy atom. The maximum absolute atomic E-state index is 13.4. The summed E-state index contributed by atoms with van der Waals surface area (Å²) in [4.78, 5) is 11.5. The van der Waals surface area contributed by atoms with Crippen molar-refractivity contribution in [3.63, 3.8) is 0 Å². The Balaban J connectivity index is 1.84. The molecule has 8 heteroatoms. The highest BCUT2D eigenvalue weighted by molar-refractivity contribution is 7.15. The van der Waals surface area contributed by atoms with Crippen LogP contribution in [0.1, 0.15) is 18.9 Å². The fourth-order valence-electron chi connectivity index (χ4n) is 1.43. The number of aromatic nitrogens is 2. The normalized spacial score (nSPS) is 10.5. The van der Waals surface area contributed by atoms with Gasteiger partial charge in [0.2, 0.25) is 5.13 Å². The Bertz CT molecular complexity index is 633. The van der Waals surface area contributed by atoms with Crippen molar-refractivity contribution in [3.8, 4) is 5.75 Å². The van der Waals surface area contributed by atoms with Crippen molar-refractivity contribution in [1.82, 2.24) is 10.2 Å². The maximum Gasteiger partial charge on any atom is 0.413 e. The van der Waals surface area contributed by atoms with E-state index >= 15 is 0 Å². The summed E-state index contributed by atoms with van der Waals surface area (Å²) in [6.45, 7) is 4.28. The summed E-state index contributed by atoms with van der Waals surface area (Å²) in [7, 11) is 0. The van der Waals surface area contributed by atoms with Crippen LogP contribution in [0.2, 0.25) is 0 Å². The van der Waals surface area contributed by atoms with Crippen LogP contribution >= 0.6 is 11.3 Å². The molecule has 0 aliphatic heterocycles. The first-order chi connectivity index (χ1) is 10.5. The molecular formula is C14H16FN3O3S. The summed E-state index contributed by atoms with van der Waals surface area (Å²) < 4.78 is 23.7. The van der Waals surface area contributed by atoms with Gasteiger partial charge < -0.3 is 9.47 Å². The topological polar surface area (TPSA) is 73.3 Å². The van der Waals surface area contributed by atoms with Gasteiger partial charge in [0.05, 0.1) is 6.61 Å². The van der Waals surface area contributed by atoms with Crippen molar-refractivity contribution in [2.24, 2.45) is 5.92 Å². The van der Waals surface area contributed by atoms with Crippen LogP contribution in [0.3, 0.4) is 0 Å². The van der Waals surface area contributed by atoms with E-state index in [1.54, 1.807) is 12.1 Å². The largest absolute Gasteiger partial charge is 0.483 e. The number of hydrogen-bond donors (Lipinski definition) is 1. The van der Waals surface area contributed by atoms with Crippen LogP contribution in [0, 0.1) is 11.7 Å². The summed E-state index contributed by atoms with van der Waals surface area (Å²) in [5, 5.41) is 11.0. The molecule has 1 aromatic carbocycles. The van der Waals surface area contributed by atoms with Gasteiger partial charge in [-0.1, -0.05) is 37.3 Å². The highest BCUT2D eigenvalue weighted by Gasteiger charge is 2.11. The van der Waals surface area contributed by atoms with Crippen molar-refractivity contribution in [1.29, 1.82) is 0 Å². The van der Waals surface area contributed by atoms with Gasteiger partial charge in [-0.3, -0.25) is 5.32 Å². The van der Waals surface area contributed by atoms with E-state index in [0.717, 1.165) is 11.3 Å². The van der Waals surface area contributed by atoms with Crippen LogP contribution in [0.4, 0.5) is 14.3 Å². The number of amides is 1. The molecule has 1 aromatic heterocycles. The zero-order chi connectivity index (χ0) is 15.9.